The fraction of sp³-hybridized carbons (Fsp3) is 0.227. The molecule has 0 bridgehead atoms. The van der Waals surface area contributed by atoms with Gasteiger partial charge in [0.05, 0.1) is 12.7 Å². The summed E-state index contributed by atoms with van der Waals surface area (Å²) < 4.78 is 15.3. The molecule has 0 saturated heterocycles. The van der Waals surface area contributed by atoms with Crippen molar-refractivity contribution < 1.29 is 28.6 Å². The molecule has 2 aromatic rings. The number of para-hydroxylation sites is 1. The molecule has 7 heteroatoms. The Bertz CT molecular complexity index is 922. The van der Waals surface area contributed by atoms with Gasteiger partial charge >= 0.3 is 11.9 Å². The van der Waals surface area contributed by atoms with Crippen LogP contribution in [-0.2, 0) is 30.3 Å². The summed E-state index contributed by atoms with van der Waals surface area (Å²) in [6.07, 6.45) is 1.94. The summed E-state index contributed by atoms with van der Waals surface area (Å²) in [6, 6.07) is 15.6. The van der Waals surface area contributed by atoms with Crippen molar-refractivity contribution in [2.24, 2.45) is 0 Å². The van der Waals surface area contributed by atoms with E-state index < -0.39 is 30.5 Å². The van der Waals surface area contributed by atoms with Crippen LogP contribution in [0.3, 0.4) is 0 Å². The Labute approximate surface area is 168 Å². The smallest absolute Gasteiger partial charge is 0.338 e. The molecule has 1 atom stereocenters. The lowest BCUT2D eigenvalue weighted by molar-refractivity contribution is -0.148. The molecule has 1 heterocycles. The number of hydrogen-bond donors (Lipinski definition) is 1. The highest BCUT2D eigenvalue weighted by molar-refractivity contribution is 5.96. The number of hydrogen-bond acceptors (Lipinski definition) is 6. The minimum absolute atomic E-state index is 0.0657. The van der Waals surface area contributed by atoms with Crippen molar-refractivity contribution in [1.82, 2.24) is 5.32 Å². The second-order valence-corrected chi connectivity index (χ2v) is 6.41. The highest BCUT2D eigenvalue weighted by Gasteiger charge is 2.24. The van der Waals surface area contributed by atoms with Gasteiger partial charge in [0.2, 0.25) is 0 Å². The topological polar surface area (TPSA) is 90.9 Å². The highest BCUT2D eigenvalue weighted by atomic mass is 16.5. The normalized spacial score (nSPS) is 13.2. The second-order valence-electron chi connectivity index (χ2n) is 6.41. The first-order valence-corrected chi connectivity index (χ1v) is 9.07. The molecule has 1 N–H and O–H groups in total. The van der Waals surface area contributed by atoms with Gasteiger partial charge in [0.25, 0.3) is 5.91 Å². The van der Waals surface area contributed by atoms with Gasteiger partial charge in [-0.2, -0.15) is 0 Å². The molecule has 7 nitrogen and oxygen atoms in total. The Morgan fingerprint density at radius 2 is 1.79 bits per heavy atom. The van der Waals surface area contributed by atoms with Gasteiger partial charge < -0.3 is 19.5 Å². The fourth-order valence-corrected chi connectivity index (χ4v) is 2.88. The summed E-state index contributed by atoms with van der Waals surface area (Å²) in [5.74, 6) is -1.13. The van der Waals surface area contributed by atoms with Crippen LogP contribution in [0, 0.1) is 0 Å². The largest absolute Gasteiger partial charge is 0.488 e. The lowest BCUT2D eigenvalue weighted by Gasteiger charge is -2.18. The predicted octanol–water partition coefficient (Wildman–Crippen LogP) is 1.91. The second kappa shape index (κ2) is 9.54. The molecule has 0 radical (unpaired) electrons. The molecule has 0 spiro atoms. The number of carbonyl (C=O) groups is 3. The van der Waals surface area contributed by atoms with Gasteiger partial charge in [0.1, 0.15) is 18.4 Å². The van der Waals surface area contributed by atoms with Crippen LogP contribution in [0.4, 0.5) is 0 Å². The van der Waals surface area contributed by atoms with E-state index in [9.17, 15) is 14.4 Å². The van der Waals surface area contributed by atoms with Crippen LogP contribution in [0.1, 0.15) is 11.1 Å². The number of nitrogens with one attached hydrogen (secondary N) is 1. The third kappa shape index (κ3) is 5.44. The van der Waals surface area contributed by atoms with Crippen LogP contribution in [0.15, 0.2) is 60.2 Å². The zero-order chi connectivity index (χ0) is 20.6. The number of rotatable bonds is 7. The van der Waals surface area contributed by atoms with Crippen molar-refractivity contribution in [2.75, 3.05) is 20.3 Å². The average Bonchev–Trinajstić information content (AvgIpc) is 2.76. The van der Waals surface area contributed by atoms with Crippen molar-refractivity contribution in [1.29, 1.82) is 0 Å². The standard InChI is InChI=1S/C22H21NO6/c1-27-22(26)18(11-15-7-3-2-4-8-15)23-20(24)14-29-21(25)17-12-16-9-5-6-10-19(16)28-13-17/h2-10,12,18H,11,13-14H2,1H3,(H,23,24)/t18-/m0/s1. The molecule has 1 aliphatic rings. The molecule has 1 aliphatic heterocycles. The number of esters is 2. The Morgan fingerprint density at radius 1 is 1.07 bits per heavy atom. The monoisotopic (exact) mass is 395 g/mol. The van der Waals surface area contributed by atoms with Crippen molar-refractivity contribution >= 4 is 23.9 Å². The molecule has 0 aliphatic carbocycles. The van der Waals surface area contributed by atoms with Gasteiger partial charge in [-0.1, -0.05) is 48.5 Å². The first-order chi connectivity index (χ1) is 14.1. The van der Waals surface area contributed by atoms with Gasteiger partial charge in [0, 0.05) is 12.0 Å². The summed E-state index contributed by atoms with van der Waals surface area (Å²) in [5, 5.41) is 2.55. The van der Waals surface area contributed by atoms with E-state index in [1.807, 2.05) is 48.5 Å². The van der Waals surface area contributed by atoms with E-state index in [2.05, 4.69) is 5.32 Å². The number of amides is 1. The number of fused-ring (bicyclic) bond motifs is 1. The zero-order valence-electron chi connectivity index (χ0n) is 15.9. The highest BCUT2D eigenvalue weighted by Crippen LogP contribution is 2.26. The molecule has 0 unspecified atom stereocenters. The van der Waals surface area contributed by atoms with Gasteiger partial charge in [-0.3, -0.25) is 4.79 Å². The molecule has 3 rings (SSSR count). The molecular formula is C22H21NO6. The Balaban J connectivity index is 1.56. The summed E-state index contributed by atoms with van der Waals surface area (Å²) in [7, 11) is 1.25. The van der Waals surface area contributed by atoms with Crippen LogP contribution in [0.2, 0.25) is 0 Å². The maximum atomic E-state index is 12.2. The van der Waals surface area contributed by atoms with E-state index in [4.69, 9.17) is 14.2 Å². The van der Waals surface area contributed by atoms with Crippen molar-refractivity contribution in [3.63, 3.8) is 0 Å². The van der Waals surface area contributed by atoms with Gasteiger partial charge in [-0.25, -0.2) is 9.59 Å². The van der Waals surface area contributed by atoms with Crippen LogP contribution in [0.25, 0.3) is 6.08 Å². The number of methoxy groups -OCH3 is 1. The van der Waals surface area contributed by atoms with E-state index in [0.29, 0.717) is 11.3 Å². The minimum Gasteiger partial charge on any atom is -0.488 e. The Hall–Kier alpha value is -3.61. The quantitative estimate of drug-likeness (QED) is 0.720. The molecule has 1 amide bonds. The van der Waals surface area contributed by atoms with Crippen LogP contribution in [0.5, 0.6) is 5.75 Å². The summed E-state index contributed by atoms with van der Waals surface area (Å²) in [4.78, 5) is 36.4. The van der Waals surface area contributed by atoms with E-state index in [1.54, 1.807) is 12.1 Å². The molecule has 0 saturated carbocycles. The maximum absolute atomic E-state index is 12.2. The van der Waals surface area contributed by atoms with E-state index in [0.717, 1.165) is 11.1 Å². The third-order valence-electron chi connectivity index (χ3n) is 4.33. The van der Waals surface area contributed by atoms with E-state index in [1.165, 1.54) is 7.11 Å². The van der Waals surface area contributed by atoms with Gasteiger partial charge in [0.15, 0.2) is 6.61 Å². The minimum atomic E-state index is -0.877. The van der Waals surface area contributed by atoms with Crippen molar-refractivity contribution in [3.05, 3.63) is 71.3 Å². The summed E-state index contributed by atoms with van der Waals surface area (Å²) in [5.41, 5.74) is 1.94. The zero-order valence-corrected chi connectivity index (χ0v) is 15.9. The number of benzene rings is 2. The van der Waals surface area contributed by atoms with E-state index in [-0.39, 0.29) is 13.0 Å². The first kappa shape index (κ1) is 20.1. The first-order valence-electron chi connectivity index (χ1n) is 9.07. The van der Waals surface area contributed by atoms with Crippen LogP contribution in [-0.4, -0.2) is 44.2 Å². The molecule has 0 aromatic heterocycles. The molecule has 2 aromatic carbocycles. The Morgan fingerprint density at radius 3 is 2.55 bits per heavy atom. The van der Waals surface area contributed by atoms with Crippen LogP contribution >= 0.6 is 0 Å². The average molecular weight is 395 g/mol. The third-order valence-corrected chi connectivity index (χ3v) is 4.33. The molecule has 150 valence electrons. The molecule has 0 fully saturated rings. The van der Waals surface area contributed by atoms with Gasteiger partial charge in [-0.15, -0.1) is 0 Å². The maximum Gasteiger partial charge on any atom is 0.338 e. The molecule has 29 heavy (non-hydrogen) atoms. The van der Waals surface area contributed by atoms with Crippen molar-refractivity contribution in [2.45, 2.75) is 12.5 Å². The van der Waals surface area contributed by atoms with Crippen LogP contribution < -0.4 is 10.1 Å². The summed E-state index contributed by atoms with van der Waals surface area (Å²) in [6.45, 7) is -0.448. The van der Waals surface area contributed by atoms with Gasteiger partial charge in [-0.05, 0) is 17.7 Å². The predicted molar refractivity (Wildman–Crippen MR) is 105 cm³/mol. The fourth-order valence-electron chi connectivity index (χ4n) is 2.88. The van der Waals surface area contributed by atoms with E-state index >= 15 is 0 Å². The molecular weight excluding hydrogens is 374 g/mol. The number of carbonyl (C=O) groups excluding carboxylic acids is 3. The summed E-state index contributed by atoms with van der Waals surface area (Å²) >= 11 is 0. The Kier molecular flexibility index (Phi) is 6.63. The number of ether oxygens (including phenoxy) is 3. The SMILES string of the molecule is COC(=O)[C@H](Cc1ccccc1)NC(=O)COC(=O)C1=Cc2ccccc2OC1. The van der Waals surface area contributed by atoms with Crippen molar-refractivity contribution in [3.8, 4) is 5.75 Å². The lowest BCUT2D eigenvalue weighted by atomic mass is 10.1. The lowest BCUT2D eigenvalue weighted by Crippen LogP contribution is -2.44.